The standard InChI is InChI=1S/C35H64O6Si/c1-23(2)11-10-12-24(3)28-13-14-29-27-20-32(41-25(4)36)35(38)21-26(37)19-31(40-22-39-17-18-42(7,8)9)34(35,6)30(27)15-16-33(28,29)5/h23-24,26-32,37-38H,10-22H2,1-9H3/t24-,26+,27+,28-,29+,30+,31-,32-,33-,34+,35+/m1/s1. The van der Waals surface area contributed by atoms with Crippen molar-refractivity contribution in [1.29, 1.82) is 0 Å². The Morgan fingerprint density at radius 2 is 1.71 bits per heavy atom. The molecular formula is C35H64O6Si. The van der Waals surface area contributed by atoms with E-state index in [0.29, 0.717) is 37.2 Å². The van der Waals surface area contributed by atoms with Crippen LogP contribution >= 0.6 is 0 Å². The third-order valence-corrected chi connectivity index (χ3v) is 14.4. The fourth-order valence-corrected chi connectivity index (χ4v) is 11.2. The van der Waals surface area contributed by atoms with Gasteiger partial charge in [-0.1, -0.05) is 73.5 Å². The summed E-state index contributed by atoms with van der Waals surface area (Å²) in [6, 6.07) is 1.07. The van der Waals surface area contributed by atoms with E-state index in [4.69, 9.17) is 14.2 Å². The summed E-state index contributed by atoms with van der Waals surface area (Å²) >= 11 is 0. The van der Waals surface area contributed by atoms with Gasteiger partial charge in [-0.25, -0.2) is 0 Å². The molecule has 4 fully saturated rings. The van der Waals surface area contributed by atoms with Gasteiger partial charge in [-0.15, -0.1) is 0 Å². The second-order valence-corrected chi connectivity index (χ2v) is 22.7. The van der Waals surface area contributed by atoms with Crippen LogP contribution in [0.15, 0.2) is 0 Å². The zero-order chi connectivity index (χ0) is 31.1. The highest BCUT2D eigenvalue weighted by molar-refractivity contribution is 6.76. The normalized spacial score (nSPS) is 42.5. The molecule has 7 heteroatoms. The van der Waals surface area contributed by atoms with Gasteiger partial charge in [0.05, 0.1) is 12.2 Å². The van der Waals surface area contributed by atoms with Gasteiger partial charge >= 0.3 is 5.97 Å². The summed E-state index contributed by atoms with van der Waals surface area (Å²) in [6.07, 6.45) is 8.29. The lowest BCUT2D eigenvalue weighted by atomic mass is 9.41. The predicted octanol–water partition coefficient (Wildman–Crippen LogP) is 7.43. The average molecular weight is 609 g/mol. The van der Waals surface area contributed by atoms with Crippen molar-refractivity contribution in [3.8, 4) is 0 Å². The molecule has 4 aliphatic rings. The third kappa shape index (κ3) is 6.71. The lowest BCUT2D eigenvalue weighted by Crippen LogP contribution is -2.73. The third-order valence-electron chi connectivity index (χ3n) is 12.7. The van der Waals surface area contributed by atoms with Crippen molar-refractivity contribution in [2.75, 3.05) is 13.4 Å². The summed E-state index contributed by atoms with van der Waals surface area (Å²) < 4.78 is 18.5. The molecule has 4 saturated carbocycles. The van der Waals surface area contributed by atoms with Gasteiger partial charge in [-0.2, -0.15) is 0 Å². The highest BCUT2D eigenvalue weighted by Crippen LogP contribution is 2.69. The van der Waals surface area contributed by atoms with Crippen molar-refractivity contribution in [3.63, 3.8) is 0 Å². The van der Waals surface area contributed by atoms with Gasteiger partial charge in [0.25, 0.3) is 0 Å². The molecule has 0 amide bonds. The summed E-state index contributed by atoms with van der Waals surface area (Å²) in [5.74, 6) is 3.00. The van der Waals surface area contributed by atoms with Gasteiger partial charge in [-0.05, 0) is 79.1 Å². The van der Waals surface area contributed by atoms with Gasteiger partial charge < -0.3 is 24.4 Å². The molecule has 0 unspecified atom stereocenters. The number of carbonyl (C=O) groups is 1. The van der Waals surface area contributed by atoms with Gasteiger partial charge in [0.2, 0.25) is 0 Å². The van der Waals surface area contributed by atoms with E-state index in [0.717, 1.165) is 24.3 Å². The fourth-order valence-electron chi connectivity index (χ4n) is 10.5. The number of aliphatic hydroxyl groups is 2. The Hall–Kier alpha value is -0.473. The van der Waals surface area contributed by atoms with Gasteiger partial charge in [0.1, 0.15) is 18.5 Å². The van der Waals surface area contributed by atoms with Crippen molar-refractivity contribution in [1.82, 2.24) is 0 Å². The van der Waals surface area contributed by atoms with E-state index < -0.39 is 31.3 Å². The Balaban J connectivity index is 1.59. The zero-order valence-electron chi connectivity index (χ0n) is 28.4. The van der Waals surface area contributed by atoms with Crippen LogP contribution in [-0.4, -0.2) is 61.6 Å². The topological polar surface area (TPSA) is 85.2 Å². The van der Waals surface area contributed by atoms with Crippen LogP contribution in [0.25, 0.3) is 0 Å². The molecule has 2 N–H and O–H groups in total. The van der Waals surface area contributed by atoms with Crippen LogP contribution in [0.5, 0.6) is 0 Å². The minimum absolute atomic E-state index is 0.167. The lowest BCUT2D eigenvalue weighted by Gasteiger charge is -2.67. The molecule has 0 radical (unpaired) electrons. The number of hydrogen-bond acceptors (Lipinski definition) is 6. The van der Waals surface area contributed by atoms with E-state index in [1.165, 1.54) is 45.4 Å². The molecule has 42 heavy (non-hydrogen) atoms. The van der Waals surface area contributed by atoms with Gasteiger partial charge in [-0.3, -0.25) is 4.79 Å². The fraction of sp³-hybridized carbons (Fsp3) is 0.971. The maximum absolute atomic E-state index is 12.6. The number of aliphatic hydroxyl groups excluding tert-OH is 1. The molecule has 0 aromatic carbocycles. The molecule has 6 nitrogen and oxygen atoms in total. The Morgan fingerprint density at radius 1 is 1.00 bits per heavy atom. The highest BCUT2D eigenvalue weighted by Gasteiger charge is 2.71. The molecule has 0 spiro atoms. The molecule has 0 saturated heterocycles. The number of carbonyl (C=O) groups excluding carboxylic acids is 1. The minimum Gasteiger partial charge on any atom is -0.459 e. The molecule has 244 valence electrons. The second kappa shape index (κ2) is 13.1. The van der Waals surface area contributed by atoms with Crippen LogP contribution in [-0.2, 0) is 19.0 Å². The summed E-state index contributed by atoms with van der Waals surface area (Å²) in [6.45, 7) is 21.2. The van der Waals surface area contributed by atoms with Crippen molar-refractivity contribution >= 4 is 14.0 Å². The summed E-state index contributed by atoms with van der Waals surface area (Å²) in [4.78, 5) is 12.4. The lowest BCUT2D eigenvalue weighted by molar-refractivity contribution is -0.311. The molecule has 11 atom stereocenters. The molecule has 0 aromatic rings. The average Bonchev–Trinajstić information content (AvgIpc) is 3.22. The largest absolute Gasteiger partial charge is 0.459 e. The van der Waals surface area contributed by atoms with E-state index >= 15 is 0 Å². The highest BCUT2D eigenvalue weighted by atomic mass is 28.3. The number of fused-ring (bicyclic) bond motifs is 5. The Kier molecular flexibility index (Phi) is 10.7. The molecule has 0 bridgehead atoms. The molecule has 4 aliphatic carbocycles. The monoisotopic (exact) mass is 608 g/mol. The van der Waals surface area contributed by atoms with Crippen LogP contribution in [0.1, 0.15) is 106 Å². The first kappa shape index (κ1) is 34.4. The molecule has 0 heterocycles. The maximum atomic E-state index is 12.6. The maximum Gasteiger partial charge on any atom is 0.303 e. The quantitative estimate of drug-likeness (QED) is 0.104. The minimum atomic E-state index is -1.34. The predicted molar refractivity (Wildman–Crippen MR) is 171 cm³/mol. The van der Waals surface area contributed by atoms with Crippen molar-refractivity contribution in [2.45, 2.75) is 155 Å². The zero-order valence-corrected chi connectivity index (χ0v) is 29.4. The van der Waals surface area contributed by atoms with Crippen LogP contribution < -0.4 is 0 Å². The summed E-state index contributed by atoms with van der Waals surface area (Å²) in [5, 5.41) is 23.6. The second-order valence-electron chi connectivity index (χ2n) is 17.0. The van der Waals surface area contributed by atoms with Crippen LogP contribution in [0.3, 0.4) is 0 Å². The van der Waals surface area contributed by atoms with Crippen molar-refractivity contribution in [2.24, 2.45) is 46.3 Å². The van der Waals surface area contributed by atoms with E-state index in [-0.39, 0.29) is 36.6 Å². The first-order chi connectivity index (χ1) is 19.5. The first-order valence-corrected chi connectivity index (χ1v) is 21.0. The van der Waals surface area contributed by atoms with Crippen molar-refractivity contribution < 1.29 is 29.2 Å². The SMILES string of the molecule is CC(=O)O[C@@H]1C[C@H]2[C@@H]3CC[C@H]([C@H](C)CCCC(C)C)[C@@]3(C)CC[C@@H]2[C@@]2(C)[C@H](OCOCC[Si](C)(C)C)C[C@H](O)C[C@]12O. The molecular weight excluding hydrogens is 544 g/mol. The van der Waals surface area contributed by atoms with E-state index in [1.54, 1.807) is 0 Å². The van der Waals surface area contributed by atoms with Crippen LogP contribution in [0, 0.1) is 46.3 Å². The number of rotatable bonds is 12. The van der Waals surface area contributed by atoms with E-state index in [2.05, 4.69) is 54.3 Å². The Morgan fingerprint density at radius 3 is 2.36 bits per heavy atom. The van der Waals surface area contributed by atoms with E-state index in [1.807, 2.05) is 0 Å². The summed E-state index contributed by atoms with van der Waals surface area (Å²) in [7, 11) is -1.22. The molecule has 4 rings (SSSR count). The van der Waals surface area contributed by atoms with Crippen LogP contribution in [0.2, 0.25) is 25.7 Å². The first-order valence-electron chi connectivity index (χ1n) is 17.3. The summed E-state index contributed by atoms with van der Waals surface area (Å²) in [5.41, 5.74) is -1.70. The Bertz CT molecular complexity index is 920. The van der Waals surface area contributed by atoms with Crippen LogP contribution in [0.4, 0.5) is 0 Å². The number of hydrogen-bond donors (Lipinski definition) is 2. The number of esters is 1. The van der Waals surface area contributed by atoms with Gasteiger partial charge in [0, 0.05) is 39.9 Å². The Labute approximate surface area is 258 Å². The van der Waals surface area contributed by atoms with Gasteiger partial charge in [0.15, 0.2) is 0 Å². The van der Waals surface area contributed by atoms with Crippen molar-refractivity contribution in [3.05, 3.63) is 0 Å². The molecule has 0 aliphatic heterocycles. The van der Waals surface area contributed by atoms with E-state index in [9.17, 15) is 15.0 Å². The number of ether oxygens (including phenoxy) is 3. The molecule has 0 aromatic heterocycles. The smallest absolute Gasteiger partial charge is 0.303 e.